The highest BCUT2D eigenvalue weighted by Crippen LogP contribution is 2.56. The van der Waals surface area contributed by atoms with Crippen molar-refractivity contribution >= 4 is 35.1 Å². The molecule has 5 rings (SSSR count). The molecule has 1 heterocycles. The number of esters is 1. The number of hydrogen-bond donors (Lipinski definition) is 1. The van der Waals surface area contributed by atoms with Crippen LogP contribution in [0, 0.1) is 23.7 Å². The number of nitrogens with one attached hydrogen (secondary N) is 1. The number of para-hydroxylation sites is 2. The van der Waals surface area contributed by atoms with Crippen LogP contribution < -0.4 is 15.0 Å². The maximum Gasteiger partial charge on any atom is 0.338 e. The van der Waals surface area contributed by atoms with Gasteiger partial charge in [-0.1, -0.05) is 12.1 Å². The molecule has 4 atom stereocenters. The number of fused-ring (bicyclic) bond motifs is 5. The molecule has 0 radical (unpaired) electrons. The Morgan fingerprint density at radius 3 is 2.26 bits per heavy atom. The zero-order chi connectivity index (χ0) is 23.8. The van der Waals surface area contributed by atoms with Crippen LogP contribution in [0.1, 0.15) is 36.5 Å². The number of carbonyl (C=O) groups is 4. The smallest absolute Gasteiger partial charge is 0.338 e. The summed E-state index contributed by atoms with van der Waals surface area (Å²) in [6, 6.07) is 13.2. The Bertz CT molecular complexity index is 1120. The fourth-order valence-corrected chi connectivity index (χ4v) is 5.66. The summed E-state index contributed by atoms with van der Waals surface area (Å²) in [5.74, 6) is -0.633. The molecule has 34 heavy (non-hydrogen) atoms. The van der Waals surface area contributed by atoms with Crippen LogP contribution >= 0.6 is 0 Å². The molecule has 1 saturated heterocycles. The van der Waals surface area contributed by atoms with Crippen molar-refractivity contribution in [3.63, 3.8) is 0 Å². The quantitative estimate of drug-likeness (QED) is 0.500. The summed E-state index contributed by atoms with van der Waals surface area (Å²) in [6.07, 6.45) is 3.03. The van der Waals surface area contributed by atoms with Gasteiger partial charge < -0.3 is 14.8 Å². The molecule has 3 fully saturated rings. The minimum atomic E-state index is -0.672. The Balaban J connectivity index is 1.19. The fraction of sp³-hybridized carbons (Fsp3) is 0.385. The van der Waals surface area contributed by atoms with E-state index in [2.05, 4.69) is 5.32 Å². The number of ether oxygens (including phenoxy) is 2. The van der Waals surface area contributed by atoms with Crippen LogP contribution in [0.3, 0.4) is 0 Å². The number of benzene rings is 2. The van der Waals surface area contributed by atoms with E-state index < -0.39 is 18.5 Å². The lowest BCUT2D eigenvalue weighted by molar-refractivity contribution is -0.123. The highest BCUT2D eigenvalue weighted by Gasteiger charge is 2.61. The number of nitrogens with zero attached hydrogens (tertiary/aromatic N) is 1. The van der Waals surface area contributed by atoms with Crippen molar-refractivity contribution in [3.8, 4) is 5.75 Å². The molecule has 3 aliphatic rings. The summed E-state index contributed by atoms with van der Waals surface area (Å²) in [5.41, 5.74) is 1.18. The number of carbonyl (C=O) groups excluding carboxylic acids is 4. The van der Waals surface area contributed by atoms with Gasteiger partial charge in [0.2, 0.25) is 11.8 Å². The molecule has 3 amide bonds. The predicted molar refractivity (Wildman–Crippen MR) is 123 cm³/mol. The van der Waals surface area contributed by atoms with E-state index in [1.165, 1.54) is 17.0 Å². The van der Waals surface area contributed by atoms with Gasteiger partial charge in [-0.15, -0.1) is 0 Å². The van der Waals surface area contributed by atoms with Crippen LogP contribution in [-0.4, -0.2) is 36.9 Å². The van der Waals surface area contributed by atoms with E-state index in [4.69, 9.17) is 9.47 Å². The first-order valence-electron chi connectivity index (χ1n) is 11.6. The van der Waals surface area contributed by atoms with Crippen molar-refractivity contribution in [1.82, 2.24) is 0 Å². The third kappa shape index (κ3) is 3.83. The van der Waals surface area contributed by atoms with Gasteiger partial charge in [-0.25, -0.2) is 4.79 Å². The summed E-state index contributed by atoms with van der Waals surface area (Å²) in [5, 5.41) is 2.67. The Labute approximate surface area is 197 Å². The minimum absolute atomic E-state index is 0.124. The van der Waals surface area contributed by atoms with E-state index >= 15 is 0 Å². The third-order valence-corrected chi connectivity index (χ3v) is 7.08. The normalized spacial score (nSPS) is 24.8. The van der Waals surface area contributed by atoms with Gasteiger partial charge in [0, 0.05) is 0 Å². The summed E-state index contributed by atoms with van der Waals surface area (Å²) in [7, 11) is 0. The van der Waals surface area contributed by atoms with Crippen molar-refractivity contribution in [1.29, 1.82) is 0 Å². The highest BCUT2D eigenvalue weighted by molar-refractivity contribution is 6.22. The van der Waals surface area contributed by atoms with Crippen molar-refractivity contribution in [3.05, 3.63) is 54.1 Å². The summed E-state index contributed by atoms with van der Waals surface area (Å²) in [6.45, 7) is 1.84. The van der Waals surface area contributed by atoms with Crippen LogP contribution in [0.5, 0.6) is 5.75 Å². The molecular weight excluding hydrogens is 436 g/mol. The second-order valence-corrected chi connectivity index (χ2v) is 9.00. The lowest BCUT2D eigenvalue weighted by Crippen LogP contribution is -2.32. The molecular formula is C26H26N2O6. The highest BCUT2D eigenvalue weighted by atomic mass is 16.5. The van der Waals surface area contributed by atoms with E-state index in [1.54, 1.807) is 36.4 Å². The number of rotatable bonds is 7. The first-order valence-corrected chi connectivity index (χ1v) is 11.6. The van der Waals surface area contributed by atoms with Crippen LogP contribution in [0.25, 0.3) is 0 Å². The van der Waals surface area contributed by atoms with Crippen LogP contribution in [-0.2, 0) is 19.1 Å². The van der Waals surface area contributed by atoms with Crippen molar-refractivity contribution in [2.75, 3.05) is 23.4 Å². The molecule has 2 aromatic carbocycles. The largest absolute Gasteiger partial charge is 0.492 e. The summed E-state index contributed by atoms with van der Waals surface area (Å²) in [4.78, 5) is 51.8. The Kier molecular flexibility index (Phi) is 5.81. The maximum atomic E-state index is 13.0. The lowest BCUT2D eigenvalue weighted by Gasteiger charge is -2.19. The molecule has 8 nitrogen and oxygen atoms in total. The van der Waals surface area contributed by atoms with Gasteiger partial charge in [0.15, 0.2) is 6.61 Å². The second kappa shape index (κ2) is 8.93. The average Bonchev–Trinajstić information content (AvgIpc) is 3.53. The molecule has 2 saturated carbocycles. The minimum Gasteiger partial charge on any atom is -0.492 e. The fourth-order valence-electron chi connectivity index (χ4n) is 5.66. The summed E-state index contributed by atoms with van der Waals surface area (Å²) < 4.78 is 10.6. The van der Waals surface area contributed by atoms with Gasteiger partial charge in [0.1, 0.15) is 5.75 Å². The first kappa shape index (κ1) is 22.1. The van der Waals surface area contributed by atoms with Gasteiger partial charge in [0.25, 0.3) is 5.91 Å². The van der Waals surface area contributed by atoms with Crippen LogP contribution in [0.2, 0.25) is 0 Å². The van der Waals surface area contributed by atoms with Crippen LogP contribution in [0.15, 0.2) is 48.5 Å². The Morgan fingerprint density at radius 2 is 1.62 bits per heavy atom. The number of imide groups is 1. The molecule has 0 aromatic heterocycles. The van der Waals surface area contributed by atoms with Crippen LogP contribution in [0.4, 0.5) is 11.4 Å². The molecule has 2 aromatic rings. The van der Waals surface area contributed by atoms with Crippen molar-refractivity contribution in [2.24, 2.45) is 23.7 Å². The van der Waals surface area contributed by atoms with Gasteiger partial charge in [-0.2, -0.15) is 0 Å². The standard InChI is InChI=1S/C26H26N2O6/c1-2-33-20-6-4-3-5-19(20)27-21(29)14-34-26(32)15-9-11-18(12-10-15)28-24(30)22-16-7-8-17(13-16)23(22)25(28)31/h3-6,9-12,16-17,22-23H,2,7-8,13-14H2,1H3,(H,27,29)/t16-,17-,22-,23+/m0/s1. The van der Waals surface area contributed by atoms with Crippen molar-refractivity contribution < 1.29 is 28.7 Å². The SMILES string of the molecule is CCOc1ccccc1NC(=O)COC(=O)c1ccc(N2C(=O)[C@@H]3[C@H]4CC[C@@H](C4)[C@@H]3C2=O)cc1. The molecule has 0 unspecified atom stereocenters. The molecule has 8 heteroatoms. The zero-order valence-electron chi connectivity index (χ0n) is 18.9. The predicted octanol–water partition coefficient (Wildman–Crippen LogP) is 3.42. The first-order chi connectivity index (χ1) is 16.5. The number of amides is 3. The Morgan fingerprint density at radius 1 is 0.971 bits per heavy atom. The molecule has 2 aliphatic carbocycles. The average molecular weight is 463 g/mol. The molecule has 1 N–H and O–H groups in total. The van der Waals surface area contributed by atoms with E-state index in [9.17, 15) is 19.2 Å². The van der Waals surface area contributed by atoms with Gasteiger partial charge in [-0.05, 0) is 74.4 Å². The molecule has 0 spiro atoms. The number of anilines is 2. The van der Waals surface area contributed by atoms with E-state index in [-0.39, 0.29) is 29.2 Å². The third-order valence-electron chi connectivity index (χ3n) is 7.08. The molecule has 1 aliphatic heterocycles. The molecule has 2 bridgehead atoms. The second-order valence-electron chi connectivity index (χ2n) is 9.00. The van der Waals surface area contributed by atoms with E-state index in [1.807, 2.05) is 6.92 Å². The summed E-state index contributed by atoms with van der Waals surface area (Å²) >= 11 is 0. The number of hydrogen-bond acceptors (Lipinski definition) is 6. The topological polar surface area (TPSA) is 102 Å². The van der Waals surface area contributed by atoms with E-state index in [0.29, 0.717) is 35.6 Å². The van der Waals surface area contributed by atoms with Crippen molar-refractivity contribution in [2.45, 2.75) is 26.2 Å². The maximum absolute atomic E-state index is 13.0. The lowest BCUT2D eigenvalue weighted by atomic mass is 9.81. The van der Waals surface area contributed by atoms with Gasteiger partial charge in [0.05, 0.1) is 35.4 Å². The monoisotopic (exact) mass is 462 g/mol. The molecule has 176 valence electrons. The van der Waals surface area contributed by atoms with Gasteiger partial charge in [-0.3, -0.25) is 19.3 Å². The van der Waals surface area contributed by atoms with Gasteiger partial charge >= 0.3 is 5.97 Å². The zero-order valence-corrected chi connectivity index (χ0v) is 18.9. The Hall–Kier alpha value is -3.68. The van der Waals surface area contributed by atoms with E-state index in [0.717, 1.165) is 19.3 Å².